The van der Waals surface area contributed by atoms with Gasteiger partial charge in [-0.25, -0.2) is 0 Å². The maximum Gasteiger partial charge on any atom is 0.246 e. The van der Waals surface area contributed by atoms with Gasteiger partial charge < -0.3 is 10.2 Å². The summed E-state index contributed by atoms with van der Waals surface area (Å²) in [6.07, 6.45) is 1.02. The molecule has 70 valence electrons. The summed E-state index contributed by atoms with van der Waals surface area (Å²) >= 11 is 0. The Morgan fingerprint density at radius 3 is 2.50 bits per heavy atom. The van der Waals surface area contributed by atoms with Gasteiger partial charge in [0, 0.05) is 18.5 Å². The van der Waals surface area contributed by atoms with E-state index in [2.05, 4.69) is 26.0 Å². The normalized spacial score (nSPS) is 10.0. The second-order valence-electron chi connectivity index (χ2n) is 3.35. The molecular weight excluding hydrogens is 152 g/mol. The molecule has 0 radical (unpaired) electrons. The predicted molar refractivity (Wildman–Crippen MR) is 50.1 cm³/mol. The van der Waals surface area contributed by atoms with Gasteiger partial charge in [0.1, 0.15) is 0 Å². The minimum absolute atomic E-state index is 0.0382. The molecule has 0 aliphatic heterocycles. The maximum absolute atomic E-state index is 11.0. The first kappa shape index (κ1) is 11.2. The van der Waals surface area contributed by atoms with E-state index in [-0.39, 0.29) is 5.91 Å². The number of hydrogen-bond acceptors (Lipinski definition) is 1. The van der Waals surface area contributed by atoms with Crippen molar-refractivity contribution in [1.29, 1.82) is 0 Å². The number of rotatable bonds is 5. The zero-order chi connectivity index (χ0) is 9.56. The Hall–Kier alpha value is -0.830. The average molecular weight is 171 g/mol. The second kappa shape index (κ2) is 5.77. The molecule has 0 saturated carbocycles. The number of amides is 1. The van der Waals surface area contributed by atoms with Crippen molar-refractivity contribution in [2.75, 3.05) is 27.2 Å². The lowest BCUT2D eigenvalue weighted by Gasteiger charge is -2.07. The molecule has 0 heterocycles. The maximum atomic E-state index is 11.0. The van der Waals surface area contributed by atoms with Crippen LogP contribution in [0, 0.1) is 0 Å². The fourth-order valence-corrected chi connectivity index (χ4v) is 0.795. The van der Waals surface area contributed by atoms with Crippen molar-refractivity contribution in [2.24, 2.45) is 0 Å². The highest BCUT2D eigenvalue weighted by molar-refractivity contribution is 5.91. The molecule has 0 aromatic rings. The van der Waals surface area contributed by atoms with Gasteiger partial charge >= 0.3 is 0 Å². The highest BCUT2D eigenvalue weighted by atomic mass is 16.1. The smallest absolute Gasteiger partial charge is 0.246 e. The number of carbonyl (C=O) groups excluding carboxylic acids is 1. The molecule has 0 saturated heterocycles. The van der Waals surface area contributed by atoms with Crippen LogP contribution in [0.15, 0.2) is 12.2 Å². The topological polar surface area (TPSA) is 33.5 Å². The van der Waals surface area contributed by atoms with E-state index < -0.39 is 0 Å². The molecule has 0 unspecified atom stereocenters. The summed E-state index contributed by atoms with van der Waals surface area (Å²) in [6, 6.07) is 0. The van der Waals surface area contributed by atoms with Crippen molar-refractivity contribution in [1.82, 2.24) is 5.32 Å². The summed E-state index contributed by atoms with van der Waals surface area (Å²) in [5.74, 6) is -0.0382. The molecular formula is C9H19N2O+. The van der Waals surface area contributed by atoms with E-state index in [0.717, 1.165) is 19.5 Å². The molecule has 0 atom stereocenters. The van der Waals surface area contributed by atoms with Crippen LogP contribution in [-0.2, 0) is 4.79 Å². The summed E-state index contributed by atoms with van der Waals surface area (Å²) < 4.78 is 0. The molecule has 0 bridgehead atoms. The average Bonchev–Trinajstić information content (AvgIpc) is 1.97. The number of nitrogens with one attached hydrogen (secondary N) is 2. The fraction of sp³-hybridized carbons (Fsp3) is 0.667. The van der Waals surface area contributed by atoms with Crippen LogP contribution in [0.1, 0.15) is 13.3 Å². The van der Waals surface area contributed by atoms with E-state index in [1.54, 1.807) is 6.92 Å². The van der Waals surface area contributed by atoms with Crippen molar-refractivity contribution in [2.45, 2.75) is 13.3 Å². The molecule has 12 heavy (non-hydrogen) atoms. The van der Waals surface area contributed by atoms with Gasteiger partial charge in [0.15, 0.2) is 0 Å². The minimum Gasteiger partial charge on any atom is -0.352 e. The summed E-state index contributed by atoms with van der Waals surface area (Å²) in [4.78, 5) is 12.4. The lowest BCUT2D eigenvalue weighted by atomic mass is 10.3. The number of carbonyl (C=O) groups is 1. The molecule has 0 rings (SSSR count). The second-order valence-corrected chi connectivity index (χ2v) is 3.35. The fourth-order valence-electron chi connectivity index (χ4n) is 0.795. The molecule has 0 aromatic carbocycles. The number of quaternary nitrogens is 1. The summed E-state index contributed by atoms with van der Waals surface area (Å²) in [6.45, 7) is 7.09. The van der Waals surface area contributed by atoms with Crippen LogP contribution in [0.25, 0.3) is 0 Å². The Bertz CT molecular complexity index is 164. The van der Waals surface area contributed by atoms with E-state index in [0.29, 0.717) is 5.57 Å². The Morgan fingerprint density at radius 2 is 2.08 bits per heavy atom. The molecule has 2 N–H and O–H groups in total. The zero-order valence-electron chi connectivity index (χ0n) is 8.24. The van der Waals surface area contributed by atoms with Crippen molar-refractivity contribution in [3.05, 3.63) is 12.2 Å². The van der Waals surface area contributed by atoms with Crippen LogP contribution in [0.2, 0.25) is 0 Å². The Kier molecular flexibility index (Phi) is 5.37. The predicted octanol–water partition coefficient (Wildman–Crippen LogP) is -0.787. The quantitative estimate of drug-likeness (QED) is 0.413. The lowest BCUT2D eigenvalue weighted by Crippen LogP contribution is -3.05. The van der Waals surface area contributed by atoms with Gasteiger partial charge in [-0.05, 0) is 6.92 Å². The van der Waals surface area contributed by atoms with Crippen molar-refractivity contribution < 1.29 is 9.69 Å². The van der Waals surface area contributed by atoms with Crippen LogP contribution in [0.3, 0.4) is 0 Å². The zero-order valence-corrected chi connectivity index (χ0v) is 8.24. The molecule has 3 heteroatoms. The third kappa shape index (κ3) is 5.92. The molecule has 0 aliphatic carbocycles. The molecule has 0 spiro atoms. The van der Waals surface area contributed by atoms with Crippen LogP contribution >= 0.6 is 0 Å². The molecule has 3 nitrogen and oxygen atoms in total. The van der Waals surface area contributed by atoms with Crippen LogP contribution in [0.5, 0.6) is 0 Å². The van der Waals surface area contributed by atoms with Gasteiger partial charge in [-0.3, -0.25) is 4.79 Å². The molecule has 0 fully saturated rings. The van der Waals surface area contributed by atoms with Crippen molar-refractivity contribution >= 4 is 5.91 Å². The van der Waals surface area contributed by atoms with Crippen LogP contribution < -0.4 is 10.2 Å². The molecule has 0 aromatic heterocycles. The van der Waals surface area contributed by atoms with E-state index in [9.17, 15) is 4.79 Å². The van der Waals surface area contributed by atoms with E-state index in [4.69, 9.17) is 0 Å². The summed E-state index contributed by atoms with van der Waals surface area (Å²) in [5, 5.41) is 2.79. The lowest BCUT2D eigenvalue weighted by molar-refractivity contribution is -0.858. The van der Waals surface area contributed by atoms with E-state index in [1.807, 2.05) is 0 Å². The van der Waals surface area contributed by atoms with Gasteiger partial charge in [0.05, 0.1) is 20.6 Å². The molecule has 0 aliphatic rings. The first-order valence-corrected chi connectivity index (χ1v) is 4.26. The largest absolute Gasteiger partial charge is 0.352 e. The van der Waals surface area contributed by atoms with Crippen molar-refractivity contribution in [3.8, 4) is 0 Å². The minimum atomic E-state index is -0.0382. The summed E-state index contributed by atoms with van der Waals surface area (Å²) in [5.41, 5.74) is 0.576. The van der Waals surface area contributed by atoms with E-state index >= 15 is 0 Å². The van der Waals surface area contributed by atoms with Crippen LogP contribution in [-0.4, -0.2) is 33.1 Å². The van der Waals surface area contributed by atoms with Gasteiger partial charge in [0.2, 0.25) is 5.91 Å². The third-order valence-corrected chi connectivity index (χ3v) is 1.53. The first-order valence-electron chi connectivity index (χ1n) is 4.26. The third-order valence-electron chi connectivity index (χ3n) is 1.53. The Labute approximate surface area is 74.4 Å². The Balaban J connectivity index is 3.32. The summed E-state index contributed by atoms with van der Waals surface area (Å²) in [7, 11) is 4.20. The van der Waals surface area contributed by atoms with Gasteiger partial charge in [-0.1, -0.05) is 6.58 Å². The SMILES string of the molecule is C=C(C)C(=O)NCCC[NH+](C)C. The highest BCUT2D eigenvalue weighted by Gasteiger charge is 2.00. The van der Waals surface area contributed by atoms with E-state index in [1.165, 1.54) is 4.90 Å². The highest BCUT2D eigenvalue weighted by Crippen LogP contribution is 1.84. The molecule has 1 amide bonds. The van der Waals surface area contributed by atoms with Gasteiger partial charge in [-0.2, -0.15) is 0 Å². The van der Waals surface area contributed by atoms with Crippen LogP contribution in [0.4, 0.5) is 0 Å². The number of hydrogen-bond donors (Lipinski definition) is 2. The van der Waals surface area contributed by atoms with Gasteiger partial charge in [0.25, 0.3) is 0 Å². The first-order chi connectivity index (χ1) is 5.54. The monoisotopic (exact) mass is 171 g/mol. The Morgan fingerprint density at radius 1 is 1.50 bits per heavy atom. The van der Waals surface area contributed by atoms with Crippen molar-refractivity contribution in [3.63, 3.8) is 0 Å². The van der Waals surface area contributed by atoms with Gasteiger partial charge in [-0.15, -0.1) is 0 Å². The standard InChI is InChI=1S/C9H18N2O/c1-8(2)9(12)10-6-5-7-11(3)4/h1,5-7H2,2-4H3,(H,10,12)/p+1.